The SMILES string of the molecule is C#Cc1cnc2c(N(B(C)Cc3ccccc3)C3CC3)nc(Nc3cc(C#N)cc(N4CCNCC4)c3C)nn12. The normalized spacial score (nSPS) is 14.9. The highest BCUT2D eigenvalue weighted by Gasteiger charge is 2.37. The first-order chi connectivity index (χ1) is 19.6. The van der Waals surface area contributed by atoms with Gasteiger partial charge in [-0.1, -0.05) is 42.7 Å². The largest absolute Gasteiger partial charge is 0.394 e. The maximum Gasteiger partial charge on any atom is 0.258 e. The number of fused-ring (bicyclic) bond motifs is 1. The molecule has 0 bridgehead atoms. The van der Waals surface area contributed by atoms with Gasteiger partial charge in [-0.2, -0.15) is 14.8 Å². The Labute approximate surface area is 235 Å². The predicted molar refractivity (Wildman–Crippen MR) is 160 cm³/mol. The summed E-state index contributed by atoms with van der Waals surface area (Å²) in [4.78, 5) is 14.4. The Kier molecular flexibility index (Phi) is 7.02. The van der Waals surface area contributed by atoms with Crippen LogP contribution in [0.1, 0.15) is 35.2 Å². The topological polar surface area (TPSA) is 97.4 Å². The van der Waals surface area contributed by atoms with Crippen molar-refractivity contribution in [2.24, 2.45) is 0 Å². The number of imidazole rings is 1. The lowest BCUT2D eigenvalue weighted by Gasteiger charge is -2.31. The molecule has 0 unspecified atom stereocenters. The van der Waals surface area contributed by atoms with E-state index < -0.39 is 0 Å². The van der Waals surface area contributed by atoms with Gasteiger partial charge in [0.2, 0.25) is 5.95 Å². The molecule has 2 N–H and O–H groups in total. The summed E-state index contributed by atoms with van der Waals surface area (Å²) in [7, 11) is 0. The van der Waals surface area contributed by atoms with Gasteiger partial charge in [0, 0.05) is 43.6 Å². The molecule has 1 saturated heterocycles. The first-order valence-corrected chi connectivity index (χ1v) is 13.9. The maximum absolute atomic E-state index is 9.81. The highest BCUT2D eigenvalue weighted by Crippen LogP contribution is 2.36. The number of piperazine rings is 1. The van der Waals surface area contributed by atoms with Crippen molar-refractivity contribution >= 4 is 35.6 Å². The van der Waals surface area contributed by atoms with Crippen LogP contribution in [0, 0.1) is 30.6 Å². The molecule has 2 fully saturated rings. The van der Waals surface area contributed by atoms with Crippen LogP contribution in [0.2, 0.25) is 6.82 Å². The molecule has 0 amide bonds. The van der Waals surface area contributed by atoms with Crippen LogP contribution in [-0.4, -0.2) is 58.7 Å². The third-order valence-electron chi connectivity index (χ3n) is 7.74. The minimum Gasteiger partial charge on any atom is -0.394 e. The van der Waals surface area contributed by atoms with Crippen molar-refractivity contribution in [2.75, 3.05) is 41.2 Å². The predicted octanol–water partition coefficient (Wildman–Crippen LogP) is 3.81. The van der Waals surface area contributed by atoms with Gasteiger partial charge in [0.1, 0.15) is 5.69 Å². The van der Waals surface area contributed by atoms with Gasteiger partial charge < -0.3 is 20.3 Å². The molecule has 3 heterocycles. The van der Waals surface area contributed by atoms with Crippen molar-refractivity contribution in [1.29, 1.82) is 5.26 Å². The summed E-state index contributed by atoms with van der Waals surface area (Å²) in [5, 5.41) is 21.4. The van der Waals surface area contributed by atoms with Gasteiger partial charge in [-0.25, -0.2) is 4.98 Å². The molecular weight excluding hydrogens is 497 g/mol. The van der Waals surface area contributed by atoms with E-state index >= 15 is 0 Å². The molecule has 1 aliphatic heterocycles. The number of benzene rings is 2. The molecule has 200 valence electrons. The van der Waals surface area contributed by atoms with Gasteiger partial charge in [0.15, 0.2) is 11.5 Å². The van der Waals surface area contributed by atoms with Crippen LogP contribution in [0.5, 0.6) is 0 Å². The summed E-state index contributed by atoms with van der Waals surface area (Å²) in [6.45, 7) is 8.10. The summed E-state index contributed by atoms with van der Waals surface area (Å²) < 4.78 is 1.70. The Morgan fingerprint density at radius 3 is 2.67 bits per heavy atom. The van der Waals surface area contributed by atoms with Crippen molar-refractivity contribution in [3.8, 4) is 18.4 Å². The zero-order valence-corrected chi connectivity index (χ0v) is 22.9. The van der Waals surface area contributed by atoms with Crippen LogP contribution >= 0.6 is 0 Å². The monoisotopic (exact) mass is 529 g/mol. The molecule has 2 aliphatic rings. The van der Waals surface area contributed by atoms with E-state index in [2.05, 4.69) is 75.3 Å². The summed E-state index contributed by atoms with van der Waals surface area (Å²) in [5.74, 6) is 3.89. The van der Waals surface area contributed by atoms with Crippen LogP contribution in [-0.2, 0) is 6.32 Å². The fourth-order valence-electron chi connectivity index (χ4n) is 5.59. The van der Waals surface area contributed by atoms with Gasteiger partial charge in [0.05, 0.1) is 17.8 Å². The highest BCUT2D eigenvalue weighted by molar-refractivity contribution is 6.61. The number of nitrogens with one attached hydrogen (secondary N) is 2. The Bertz CT molecular complexity index is 1610. The molecule has 6 rings (SSSR count). The lowest BCUT2D eigenvalue weighted by molar-refractivity contribution is 0.588. The lowest BCUT2D eigenvalue weighted by atomic mass is 9.58. The van der Waals surface area contributed by atoms with Crippen LogP contribution in [0.25, 0.3) is 5.65 Å². The number of terminal acetylenes is 1. The Hall–Kier alpha value is -4.54. The van der Waals surface area contributed by atoms with E-state index in [0.29, 0.717) is 28.9 Å². The summed E-state index contributed by atoms with van der Waals surface area (Å²) in [5.41, 5.74) is 5.98. The molecule has 2 aromatic heterocycles. The Morgan fingerprint density at radius 1 is 1.20 bits per heavy atom. The molecule has 10 heteroatoms. The smallest absolute Gasteiger partial charge is 0.258 e. The van der Waals surface area contributed by atoms with Gasteiger partial charge in [-0.05, 0) is 49.7 Å². The van der Waals surface area contributed by atoms with Crippen molar-refractivity contribution in [1.82, 2.24) is 24.9 Å². The van der Waals surface area contributed by atoms with Crippen molar-refractivity contribution in [3.05, 3.63) is 71.0 Å². The number of nitrogens with zero attached hydrogens (tertiary/aromatic N) is 7. The Morgan fingerprint density at radius 2 is 1.98 bits per heavy atom. The fourth-order valence-corrected chi connectivity index (χ4v) is 5.59. The number of hydrogen-bond donors (Lipinski definition) is 2. The second kappa shape index (κ2) is 10.9. The summed E-state index contributed by atoms with van der Waals surface area (Å²) in [6.07, 6.45) is 10.6. The molecule has 40 heavy (non-hydrogen) atoms. The number of aromatic nitrogens is 4. The van der Waals surface area contributed by atoms with Crippen LogP contribution in [0.15, 0.2) is 48.7 Å². The molecule has 9 nitrogen and oxygen atoms in total. The molecule has 1 saturated carbocycles. The van der Waals surface area contributed by atoms with Gasteiger partial charge in [-0.15, -0.1) is 11.5 Å². The third kappa shape index (κ3) is 5.06. The molecule has 0 atom stereocenters. The number of anilines is 4. The van der Waals surface area contributed by atoms with E-state index in [1.807, 2.05) is 18.2 Å². The van der Waals surface area contributed by atoms with Gasteiger partial charge >= 0.3 is 0 Å². The maximum atomic E-state index is 9.81. The first-order valence-electron chi connectivity index (χ1n) is 13.9. The molecule has 0 radical (unpaired) electrons. The van der Waals surface area contributed by atoms with E-state index in [1.54, 1.807) is 10.7 Å². The van der Waals surface area contributed by atoms with E-state index in [9.17, 15) is 5.26 Å². The quantitative estimate of drug-likeness (QED) is 0.263. The zero-order chi connectivity index (χ0) is 27.6. The minimum absolute atomic E-state index is 0.190. The molecular formula is C30H32BN9. The molecule has 4 aromatic rings. The number of hydrogen-bond acceptors (Lipinski definition) is 8. The molecule has 2 aromatic carbocycles. The van der Waals surface area contributed by atoms with Crippen molar-refractivity contribution in [3.63, 3.8) is 0 Å². The average molecular weight is 529 g/mol. The Balaban J connectivity index is 1.42. The molecule has 1 aliphatic carbocycles. The third-order valence-corrected chi connectivity index (χ3v) is 7.74. The molecule has 0 spiro atoms. The van der Waals surface area contributed by atoms with Crippen LogP contribution in [0.3, 0.4) is 0 Å². The van der Waals surface area contributed by atoms with E-state index in [0.717, 1.165) is 68.1 Å². The van der Waals surface area contributed by atoms with Gasteiger partial charge in [-0.3, -0.25) is 0 Å². The number of rotatable bonds is 8. The van der Waals surface area contributed by atoms with Crippen molar-refractivity contribution in [2.45, 2.75) is 39.0 Å². The summed E-state index contributed by atoms with van der Waals surface area (Å²) in [6, 6.07) is 17.1. The van der Waals surface area contributed by atoms with Crippen molar-refractivity contribution < 1.29 is 0 Å². The first kappa shape index (κ1) is 25.7. The zero-order valence-electron chi connectivity index (χ0n) is 22.9. The summed E-state index contributed by atoms with van der Waals surface area (Å²) >= 11 is 0. The highest BCUT2D eigenvalue weighted by atomic mass is 15.4. The van der Waals surface area contributed by atoms with E-state index in [4.69, 9.17) is 16.5 Å². The van der Waals surface area contributed by atoms with Gasteiger partial charge in [0.25, 0.3) is 6.85 Å². The van der Waals surface area contributed by atoms with E-state index in [1.165, 1.54) is 5.56 Å². The second-order valence-electron chi connectivity index (χ2n) is 10.6. The lowest BCUT2D eigenvalue weighted by Crippen LogP contribution is -2.43. The fraction of sp³-hybridized carbons (Fsp3) is 0.333. The van der Waals surface area contributed by atoms with Crippen LogP contribution in [0.4, 0.5) is 23.1 Å². The van der Waals surface area contributed by atoms with E-state index in [-0.39, 0.29) is 6.85 Å². The average Bonchev–Trinajstić information content (AvgIpc) is 3.73. The second-order valence-corrected chi connectivity index (χ2v) is 10.6. The standard InChI is InChI=1S/C30H32BN9/c1-4-24-20-34-28-29(39(25-10-11-25)31(3)18-22-8-6-5-7-9-22)36-30(37-40(24)28)35-26-16-23(19-32)17-27(21(26)2)38-14-12-33-13-15-38/h1,5-9,16-17,20,25,33H,10-15,18H2,2-3H3,(H,35,37). The minimum atomic E-state index is 0.190. The van der Waals surface area contributed by atoms with Crippen LogP contribution < -0.4 is 20.3 Å². The number of nitriles is 1.